The summed E-state index contributed by atoms with van der Waals surface area (Å²) < 4.78 is 10.7. The van der Waals surface area contributed by atoms with Gasteiger partial charge in [0, 0.05) is 0 Å². The largest absolute Gasteiger partial charge is 0.494 e. The molecule has 1 atom stereocenters. The fraction of sp³-hybridized carbons (Fsp3) is 0.455. The minimum Gasteiger partial charge on any atom is -0.494 e. The Labute approximate surface area is 101 Å². The highest BCUT2D eigenvalue weighted by Crippen LogP contribution is 2.31. The zero-order valence-corrected chi connectivity index (χ0v) is 10.1. The van der Waals surface area contributed by atoms with E-state index in [0.29, 0.717) is 0 Å². The summed E-state index contributed by atoms with van der Waals surface area (Å²) in [6, 6.07) is 7.75. The summed E-state index contributed by atoms with van der Waals surface area (Å²) in [5.74, 6) is 1.98. The van der Waals surface area contributed by atoms with Crippen molar-refractivity contribution in [1.29, 1.82) is 0 Å². The molecule has 85 valence electrons. The molecule has 1 fully saturated rings. The lowest BCUT2D eigenvalue weighted by molar-refractivity contribution is 0.311. The average molecular weight is 236 g/mol. The van der Waals surface area contributed by atoms with Crippen LogP contribution >= 0.6 is 11.8 Å². The normalized spacial score (nSPS) is 22.6. The fourth-order valence-electron chi connectivity index (χ4n) is 1.42. The summed E-state index contributed by atoms with van der Waals surface area (Å²) >= 11 is 1.83. The van der Waals surface area contributed by atoms with Crippen molar-refractivity contribution < 1.29 is 9.39 Å². The zero-order chi connectivity index (χ0) is 11.4. The number of benzene rings is 1. The summed E-state index contributed by atoms with van der Waals surface area (Å²) in [5, 5.41) is 0. The third-order valence-corrected chi connectivity index (χ3v) is 3.12. The molecular weight excluding hydrogens is 221 g/mol. The molecule has 0 spiro atoms. The third-order valence-electron chi connectivity index (χ3n) is 2.42. The minimum atomic E-state index is -0.682. The second-order valence-electron chi connectivity index (χ2n) is 3.75. The summed E-state index contributed by atoms with van der Waals surface area (Å²) in [4.78, 5) is 0. The SMILES string of the molecule is CSCCCOc1cccc(C2(N)[B]O2)c1. The first kappa shape index (κ1) is 11.8. The van der Waals surface area contributed by atoms with Crippen molar-refractivity contribution in [2.45, 2.75) is 12.0 Å². The smallest absolute Gasteiger partial charge is 0.353 e. The average Bonchev–Trinajstić information content (AvgIpc) is 3.05. The lowest BCUT2D eigenvalue weighted by Crippen LogP contribution is -2.21. The molecule has 0 aliphatic carbocycles. The molecule has 1 radical (unpaired) electrons. The Kier molecular flexibility index (Phi) is 3.79. The maximum Gasteiger partial charge on any atom is 0.353 e. The van der Waals surface area contributed by atoms with Crippen LogP contribution in [0.2, 0.25) is 0 Å². The summed E-state index contributed by atoms with van der Waals surface area (Å²) in [6.07, 6.45) is 3.15. The third kappa shape index (κ3) is 2.93. The Morgan fingerprint density at radius 1 is 1.56 bits per heavy atom. The van der Waals surface area contributed by atoms with Crippen LogP contribution in [0.3, 0.4) is 0 Å². The number of ether oxygens (including phenoxy) is 1. The van der Waals surface area contributed by atoms with Crippen LogP contribution in [-0.2, 0) is 10.3 Å². The highest BCUT2D eigenvalue weighted by Gasteiger charge is 2.44. The van der Waals surface area contributed by atoms with Gasteiger partial charge >= 0.3 is 7.48 Å². The van der Waals surface area contributed by atoms with E-state index in [2.05, 4.69) is 6.26 Å². The van der Waals surface area contributed by atoms with Crippen LogP contribution in [0, 0.1) is 0 Å². The first-order valence-electron chi connectivity index (χ1n) is 5.28. The van der Waals surface area contributed by atoms with Crippen LogP contribution in [0.5, 0.6) is 5.75 Å². The molecule has 0 saturated carbocycles. The molecule has 1 heterocycles. The molecule has 0 aromatic heterocycles. The van der Waals surface area contributed by atoms with E-state index >= 15 is 0 Å². The Bertz CT molecular complexity index is 358. The van der Waals surface area contributed by atoms with Gasteiger partial charge in [-0.25, -0.2) is 0 Å². The first-order chi connectivity index (χ1) is 7.74. The van der Waals surface area contributed by atoms with Crippen molar-refractivity contribution in [3.05, 3.63) is 29.8 Å². The molecule has 16 heavy (non-hydrogen) atoms. The first-order valence-corrected chi connectivity index (χ1v) is 6.67. The van der Waals surface area contributed by atoms with Gasteiger partial charge in [0.2, 0.25) is 0 Å². The van der Waals surface area contributed by atoms with Gasteiger partial charge < -0.3 is 15.1 Å². The molecule has 2 rings (SSSR count). The van der Waals surface area contributed by atoms with Crippen LogP contribution in [-0.4, -0.2) is 26.1 Å². The van der Waals surface area contributed by atoms with Gasteiger partial charge in [0.1, 0.15) is 11.4 Å². The predicted molar refractivity (Wildman–Crippen MR) is 67.6 cm³/mol. The lowest BCUT2D eigenvalue weighted by atomic mass is 9.90. The number of thioether (sulfide) groups is 1. The van der Waals surface area contributed by atoms with Gasteiger partial charge in [-0.2, -0.15) is 11.8 Å². The number of hydrogen-bond donors (Lipinski definition) is 1. The molecule has 1 aromatic rings. The molecule has 1 unspecified atom stereocenters. The Balaban J connectivity index is 1.89. The molecule has 2 N–H and O–H groups in total. The van der Waals surface area contributed by atoms with Crippen molar-refractivity contribution in [2.75, 3.05) is 18.6 Å². The second kappa shape index (κ2) is 5.12. The highest BCUT2D eigenvalue weighted by atomic mass is 32.2. The fourth-order valence-corrected chi connectivity index (χ4v) is 1.83. The molecule has 1 aliphatic rings. The van der Waals surface area contributed by atoms with Crippen LogP contribution in [0.25, 0.3) is 0 Å². The monoisotopic (exact) mass is 236 g/mol. The molecule has 1 aromatic carbocycles. The topological polar surface area (TPSA) is 47.8 Å². The summed E-state index contributed by atoms with van der Waals surface area (Å²) in [5.41, 5.74) is 6.13. The predicted octanol–water partition coefficient (Wildman–Crippen LogP) is 1.54. The summed E-state index contributed by atoms with van der Waals surface area (Å²) in [7, 11) is 1.62. The Morgan fingerprint density at radius 2 is 2.38 bits per heavy atom. The standard InChI is InChI=1S/C11H15BNO2S/c1-16-7-3-6-14-10-5-2-4-9(8-10)11(13)12-15-11/h2,4-5,8H,3,6-7,13H2,1H3. The maximum absolute atomic E-state index is 5.88. The Morgan fingerprint density at radius 3 is 3.06 bits per heavy atom. The minimum absolute atomic E-state index is 0.682. The van der Waals surface area contributed by atoms with E-state index in [-0.39, 0.29) is 0 Å². The van der Waals surface area contributed by atoms with Crippen molar-refractivity contribution in [2.24, 2.45) is 5.73 Å². The number of rotatable bonds is 6. The van der Waals surface area contributed by atoms with Gasteiger partial charge in [0.15, 0.2) is 0 Å². The van der Waals surface area contributed by atoms with Crippen molar-refractivity contribution in [3.8, 4) is 5.75 Å². The second-order valence-corrected chi connectivity index (χ2v) is 4.74. The van der Waals surface area contributed by atoms with Gasteiger partial charge in [0.25, 0.3) is 0 Å². The molecule has 1 aliphatic heterocycles. The zero-order valence-electron chi connectivity index (χ0n) is 9.31. The van der Waals surface area contributed by atoms with E-state index in [0.717, 1.165) is 30.1 Å². The van der Waals surface area contributed by atoms with Crippen LogP contribution in [0.15, 0.2) is 24.3 Å². The molecule has 1 saturated heterocycles. The number of nitrogens with two attached hydrogens (primary N) is 1. The van der Waals surface area contributed by atoms with Gasteiger partial charge in [-0.3, -0.25) is 0 Å². The molecular formula is C11H15BNO2S. The van der Waals surface area contributed by atoms with E-state index < -0.39 is 5.62 Å². The molecule has 5 heteroatoms. The van der Waals surface area contributed by atoms with Crippen LogP contribution in [0.1, 0.15) is 12.0 Å². The van der Waals surface area contributed by atoms with Crippen molar-refractivity contribution in [3.63, 3.8) is 0 Å². The quantitative estimate of drug-likeness (QED) is 0.462. The van der Waals surface area contributed by atoms with Crippen LogP contribution < -0.4 is 10.5 Å². The van der Waals surface area contributed by atoms with E-state index in [1.165, 1.54) is 0 Å². The van der Waals surface area contributed by atoms with E-state index in [1.807, 2.05) is 36.0 Å². The molecule has 3 nitrogen and oxygen atoms in total. The number of hydrogen-bond acceptors (Lipinski definition) is 4. The molecule has 0 bridgehead atoms. The van der Waals surface area contributed by atoms with Gasteiger partial charge in [0.05, 0.1) is 6.61 Å². The highest BCUT2D eigenvalue weighted by molar-refractivity contribution is 7.98. The van der Waals surface area contributed by atoms with Crippen molar-refractivity contribution >= 4 is 19.2 Å². The van der Waals surface area contributed by atoms with Gasteiger partial charge in [-0.15, -0.1) is 0 Å². The van der Waals surface area contributed by atoms with Crippen molar-refractivity contribution in [1.82, 2.24) is 0 Å². The van der Waals surface area contributed by atoms with E-state index in [9.17, 15) is 0 Å². The maximum atomic E-state index is 5.88. The van der Waals surface area contributed by atoms with E-state index in [4.69, 9.17) is 15.1 Å². The van der Waals surface area contributed by atoms with Gasteiger partial charge in [-0.1, -0.05) is 12.1 Å². The lowest BCUT2D eigenvalue weighted by Gasteiger charge is -2.10. The van der Waals surface area contributed by atoms with Gasteiger partial charge in [-0.05, 0) is 36.1 Å². The summed E-state index contributed by atoms with van der Waals surface area (Å²) in [6.45, 7) is 0.742. The molecule has 0 amide bonds. The van der Waals surface area contributed by atoms with Crippen LogP contribution in [0.4, 0.5) is 0 Å². The Hall–Kier alpha value is -0.645. The van der Waals surface area contributed by atoms with E-state index in [1.54, 1.807) is 7.48 Å².